The van der Waals surface area contributed by atoms with Crippen molar-refractivity contribution in [3.05, 3.63) is 29.3 Å². The van der Waals surface area contributed by atoms with Crippen LogP contribution in [0.2, 0.25) is 0 Å². The monoisotopic (exact) mass is 389 g/mol. The quantitative estimate of drug-likeness (QED) is 0.319. The van der Waals surface area contributed by atoms with Crippen LogP contribution in [0.5, 0.6) is 5.75 Å². The molecule has 1 aromatic carbocycles. The normalized spacial score (nSPS) is 14.0. The van der Waals surface area contributed by atoms with Gasteiger partial charge in [-0.2, -0.15) is 0 Å². The number of unbranched alkanes of at least 4 members (excludes halogenated alkanes) is 3. The molecule has 0 spiro atoms. The summed E-state index contributed by atoms with van der Waals surface area (Å²) in [5.74, 6) is -0.848. The number of amides is 4. The number of carbonyl (C=O) groups is 4. The van der Waals surface area contributed by atoms with E-state index in [0.29, 0.717) is 30.9 Å². The van der Waals surface area contributed by atoms with Gasteiger partial charge in [-0.05, 0) is 44.9 Å². The zero-order chi connectivity index (χ0) is 20.5. The number of nitrogens with two attached hydrogens (primary N) is 1. The van der Waals surface area contributed by atoms with Crippen LogP contribution in [0.4, 0.5) is 0 Å². The molecule has 0 fully saturated rings. The third kappa shape index (κ3) is 5.16. The van der Waals surface area contributed by atoms with Crippen LogP contribution in [0, 0.1) is 0 Å². The highest BCUT2D eigenvalue weighted by Crippen LogP contribution is 2.33. The maximum absolute atomic E-state index is 12.9. The molecule has 0 bridgehead atoms. The van der Waals surface area contributed by atoms with Crippen LogP contribution in [0.25, 0.3) is 0 Å². The summed E-state index contributed by atoms with van der Waals surface area (Å²) < 4.78 is 5.77. The van der Waals surface area contributed by atoms with Crippen LogP contribution in [-0.4, -0.2) is 48.2 Å². The lowest BCUT2D eigenvalue weighted by Gasteiger charge is -2.22. The first-order valence-corrected chi connectivity index (χ1v) is 9.58. The summed E-state index contributed by atoms with van der Waals surface area (Å²) in [4.78, 5) is 48.5. The highest BCUT2D eigenvalue weighted by molar-refractivity contribution is 6.22. The molecule has 2 rings (SSSR count). The van der Waals surface area contributed by atoms with Crippen LogP contribution >= 0.6 is 0 Å². The highest BCUT2D eigenvalue weighted by atomic mass is 16.5. The zero-order valence-corrected chi connectivity index (χ0v) is 16.1. The average Bonchev–Trinajstić information content (AvgIpc) is 2.94. The Labute approximate surface area is 164 Å². The molecule has 1 aliphatic rings. The van der Waals surface area contributed by atoms with Gasteiger partial charge in [0.2, 0.25) is 12.3 Å². The van der Waals surface area contributed by atoms with Crippen LogP contribution in [0.3, 0.4) is 0 Å². The number of rotatable bonds is 12. The zero-order valence-electron chi connectivity index (χ0n) is 16.1. The fourth-order valence-electron chi connectivity index (χ4n) is 3.18. The standard InChI is InChI=1S/C20H27N3O5/c1-14(9-10-17(25)22-13-24)23-19(26)15-7-6-8-16(18(15)20(23)27)28-12-5-3-2-4-11-21/h6-8,13-14H,2-5,9-12,21H2,1H3,(H,22,24,25). The van der Waals surface area contributed by atoms with Gasteiger partial charge in [0.1, 0.15) is 5.75 Å². The van der Waals surface area contributed by atoms with E-state index in [0.717, 1.165) is 30.6 Å². The lowest BCUT2D eigenvalue weighted by Crippen LogP contribution is -2.38. The number of fused-ring (bicyclic) bond motifs is 1. The minimum atomic E-state index is -0.478. The van der Waals surface area contributed by atoms with Crippen LogP contribution < -0.4 is 15.8 Å². The molecule has 1 aromatic rings. The number of nitrogens with zero attached hydrogens (tertiary/aromatic N) is 1. The molecule has 1 atom stereocenters. The van der Waals surface area contributed by atoms with Crippen molar-refractivity contribution in [3.8, 4) is 5.75 Å². The number of hydrogen-bond acceptors (Lipinski definition) is 6. The van der Waals surface area contributed by atoms with E-state index in [1.807, 2.05) is 5.32 Å². The minimum Gasteiger partial charge on any atom is -0.493 e. The first-order chi connectivity index (χ1) is 13.5. The van der Waals surface area contributed by atoms with E-state index in [2.05, 4.69) is 0 Å². The third-order valence-corrected chi connectivity index (χ3v) is 4.71. The molecule has 0 saturated heterocycles. The van der Waals surface area contributed by atoms with Gasteiger partial charge in [-0.3, -0.25) is 29.4 Å². The van der Waals surface area contributed by atoms with Crippen molar-refractivity contribution < 1.29 is 23.9 Å². The molecule has 152 valence electrons. The topological polar surface area (TPSA) is 119 Å². The molecule has 4 amide bonds. The van der Waals surface area contributed by atoms with E-state index in [1.165, 1.54) is 0 Å². The minimum absolute atomic E-state index is 0.0411. The molecule has 3 N–H and O–H groups in total. The maximum Gasteiger partial charge on any atom is 0.265 e. The smallest absolute Gasteiger partial charge is 0.265 e. The van der Waals surface area contributed by atoms with Gasteiger partial charge in [-0.15, -0.1) is 0 Å². The summed E-state index contributed by atoms with van der Waals surface area (Å²) >= 11 is 0. The maximum atomic E-state index is 12.9. The van der Waals surface area contributed by atoms with Crippen molar-refractivity contribution in [2.24, 2.45) is 5.73 Å². The molecule has 8 nitrogen and oxygen atoms in total. The van der Waals surface area contributed by atoms with Gasteiger partial charge in [-0.1, -0.05) is 18.9 Å². The Hall–Kier alpha value is -2.74. The molecule has 1 unspecified atom stereocenters. The SMILES string of the molecule is CC(CCC(=O)NC=O)N1C(=O)c2cccc(OCCCCCCN)c2C1=O. The number of nitrogens with one attached hydrogen (secondary N) is 1. The summed E-state index contributed by atoms with van der Waals surface area (Å²) in [6.45, 7) is 2.84. The van der Waals surface area contributed by atoms with Crippen molar-refractivity contribution in [2.75, 3.05) is 13.2 Å². The first-order valence-electron chi connectivity index (χ1n) is 9.58. The first kappa shape index (κ1) is 21.6. The van der Waals surface area contributed by atoms with Crippen LogP contribution in [0.15, 0.2) is 18.2 Å². The number of hydrogen-bond donors (Lipinski definition) is 2. The van der Waals surface area contributed by atoms with Crippen molar-refractivity contribution in [2.45, 2.75) is 51.5 Å². The van der Waals surface area contributed by atoms with Crippen molar-refractivity contribution >= 4 is 24.1 Å². The Bertz CT molecular complexity index is 735. The molecule has 0 aromatic heterocycles. The van der Waals surface area contributed by atoms with Crippen molar-refractivity contribution in [3.63, 3.8) is 0 Å². The van der Waals surface area contributed by atoms with E-state index >= 15 is 0 Å². The van der Waals surface area contributed by atoms with Crippen LogP contribution in [0.1, 0.15) is 66.2 Å². The van der Waals surface area contributed by atoms with Gasteiger partial charge in [0.25, 0.3) is 11.8 Å². The molecule has 1 aliphatic heterocycles. The number of ether oxygens (including phenoxy) is 1. The van der Waals surface area contributed by atoms with E-state index in [4.69, 9.17) is 10.5 Å². The van der Waals surface area contributed by atoms with Gasteiger partial charge in [-0.25, -0.2) is 0 Å². The van der Waals surface area contributed by atoms with E-state index in [-0.39, 0.29) is 18.4 Å². The molecule has 0 aliphatic carbocycles. The fraction of sp³-hybridized carbons (Fsp3) is 0.500. The summed E-state index contributed by atoms with van der Waals surface area (Å²) in [7, 11) is 0. The number of carbonyl (C=O) groups excluding carboxylic acids is 4. The van der Waals surface area contributed by atoms with Gasteiger partial charge in [0, 0.05) is 12.5 Å². The average molecular weight is 389 g/mol. The Morgan fingerprint density at radius 3 is 2.68 bits per heavy atom. The van der Waals surface area contributed by atoms with E-state index in [9.17, 15) is 19.2 Å². The predicted octanol–water partition coefficient (Wildman–Crippen LogP) is 1.62. The lowest BCUT2D eigenvalue weighted by molar-refractivity contribution is -0.125. The summed E-state index contributed by atoms with van der Waals surface area (Å²) in [6.07, 6.45) is 4.47. The Morgan fingerprint density at radius 2 is 1.96 bits per heavy atom. The predicted molar refractivity (Wildman–Crippen MR) is 103 cm³/mol. The second-order valence-corrected chi connectivity index (χ2v) is 6.78. The summed E-state index contributed by atoms with van der Waals surface area (Å²) in [5, 5.41) is 2.05. The summed E-state index contributed by atoms with van der Waals surface area (Å²) in [5.41, 5.74) is 6.06. The highest BCUT2D eigenvalue weighted by Gasteiger charge is 2.40. The van der Waals surface area contributed by atoms with E-state index in [1.54, 1.807) is 25.1 Å². The largest absolute Gasteiger partial charge is 0.493 e. The molecule has 1 heterocycles. The van der Waals surface area contributed by atoms with Gasteiger partial charge in [0.05, 0.1) is 17.7 Å². The molecule has 0 saturated carbocycles. The Balaban J connectivity index is 2.01. The molecular weight excluding hydrogens is 362 g/mol. The van der Waals surface area contributed by atoms with Gasteiger partial charge < -0.3 is 10.5 Å². The molecular formula is C20H27N3O5. The van der Waals surface area contributed by atoms with E-state index < -0.39 is 23.8 Å². The second-order valence-electron chi connectivity index (χ2n) is 6.78. The molecule has 28 heavy (non-hydrogen) atoms. The Kier molecular flexibility index (Phi) is 8.13. The molecule has 8 heteroatoms. The molecule has 0 radical (unpaired) electrons. The fourth-order valence-corrected chi connectivity index (χ4v) is 3.18. The van der Waals surface area contributed by atoms with Crippen molar-refractivity contribution in [1.29, 1.82) is 0 Å². The second kappa shape index (κ2) is 10.6. The third-order valence-electron chi connectivity index (χ3n) is 4.71. The summed E-state index contributed by atoms with van der Waals surface area (Å²) in [6, 6.07) is 4.51. The Morgan fingerprint density at radius 1 is 1.21 bits per heavy atom. The van der Waals surface area contributed by atoms with Gasteiger partial charge >= 0.3 is 0 Å². The van der Waals surface area contributed by atoms with Gasteiger partial charge in [0.15, 0.2) is 0 Å². The van der Waals surface area contributed by atoms with Crippen molar-refractivity contribution in [1.82, 2.24) is 10.2 Å². The number of imide groups is 2. The van der Waals surface area contributed by atoms with Crippen LogP contribution in [-0.2, 0) is 9.59 Å². The lowest BCUT2D eigenvalue weighted by atomic mass is 10.1. The number of benzene rings is 1.